The Balaban J connectivity index is 1.39. The number of rotatable bonds is 11. The van der Waals surface area contributed by atoms with Gasteiger partial charge in [-0.05, 0) is 129 Å². The van der Waals surface area contributed by atoms with Crippen molar-refractivity contribution in [3.8, 4) is 0 Å². The highest BCUT2D eigenvalue weighted by atomic mass is 16.5. The fraction of sp³-hybridized carbons (Fsp3) is 0.921. The molecule has 2 nitrogen and oxygen atoms in total. The molecule has 11 atom stereocenters. The lowest BCUT2D eigenvalue weighted by Crippen LogP contribution is -2.56. The van der Waals surface area contributed by atoms with Crippen molar-refractivity contribution in [1.82, 2.24) is 0 Å². The first-order valence-corrected chi connectivity index (χ1v) is 17.8. The van der Waals surface area contributed by atoms with E-state index in [1.807, 2.05) is 0 Å². The topological polar surface area (TPSA) is 26.3 Å². The van der Waals surface area contributed by atoms with E-state index in [0.29, 0.717) is 40.9 Å². The lowest BCUT2D eigenvalue weighted by atomic mass is 9.43. The maximum Gasteiger partial charge on any atom is 0.306 e. The summed E-state index contributed by atoms with van der Waals surface area (Å²) in [5.74, 6) is 6.91. The summed E-state index contributed by atoms with van der Waals surface area (Å²) in [7, 11) is 0. The molecule has 0 spiro atoms. The van der Waals surface area contributed by atoms with Crippen molar-refractivity contribution >= 4 is 5.97 Å². The first kappa shape index (κ1) is 32.1. The summed E-state index contributed by atoms with van der Waals surface area (Å²) < 4.78 is 6.18. The molecule has 0 aromatic carbocycles. The summed E-state index contributed by atoms with van der Waals surface area (Å²) in [6.45, 7) is 22.1. The van der Waals surface area contributed by atoms with Gasteiger partial charge in [0.2, 0.25) is 0 Å². The maximum absolute atomic E-state index is 12.7. The van der Waals surface area contributed by atoms with E-state index in [1.165, 1.54) is 70.6 Å². The second-order valence-electron chi connectivity index (χ2n) is 16.2. The Hall–Kier alpha value is -0.790. The van der Waals surface area contributed by atoms with Crippen LogP contribution in [0.15, 0.2) is 11.6 Å². The van der Waals surface area contributed by atoms with Gasteiger partial charge in [0.25, 0.3) is 0 Å². The standard InChI is InChI=1S/C38H66O2/c1-10-11-12-13-14-15-36(39)40-35-21-23-38(9)32(29(35)7)17-16-30-33-19-18-31(37(33,8)22-20-34(30)38)27(5)24-26(4)28(6)25(2)3/h24-25,27-35H,10-23H2,1-9H3/b26-24+/t27-,28-,29+,30+,31-,32+,33+,34+,35+,37-,38+/m1/s1. The average molecular weight is 555 g/mol. The van der Waals surface area contributed by atoms with Crippen molar-refractivity contribution in [2.45, 2.75) is 158 Å². The number of carbonyl (C=O) groups is 1. The quantitative estimate of drug-likeness (QED) is 0.144. The van der Waals surface area contributed by atoms with Gasteiger partial charge in [-0.15, -0.1) is 0 Å². The van der Waals surface area contributed by atoms with Crippen LogP contribution in [0.1, 0.15) is 152 Å². The second-order valence-corrected chi connectivity index (χ2v) is 16.2. The molecule has 40 heavy (non-hydrogen) atoms. The number of esters is 1. The number of fused-ring (bicyclic) bond motifs is 5. The molecular formula is C38H66O2. The van der Waals surface area contributed by atoms with Crippen LogP contribution >= 0.6 is 0 Å². The van der Waals surface area contributed by atoms with E-state index in [2.05, 4.69) is 68.4 Å². The molecule has 0 N–H and O–H groups in total. The molecule has 230 valence electrons. The molecule has 4 aliphatic carbocycles. The number of hydrogen-bond donors (Lipinski definition) is 0. The van der Waals surface area contributed by atoms with Gasteiger partial charge in [-0.25, -0.2) is 0 Å². The molecule has 4 aliphatic rings. The minimum absolute atomic E-state index is 0.0669. The fourth-order valence-corrected chi connectivity index (χ4v) is 11.1. The number of hydrogen-bond acceptors (Lipinski definition) is 2. The van der Waals surface area contributed by atoms with Gasteiger partial charge >= 0.3 is 5.97 Å². The SMILES string of the molecule is CCCCCCCC(=O)O[C@H]1CC[C@@]2(C)[C@@H](CC[C@@H]3[C@@H]2CC[C@]2(C)[C@@H]([C@H](C)/C=C(\C)[C@H](C)C(C)C)CC[C@@H]32)[C@@H]1C. The number of unbranched alkanes of at least 4 members (excludes halogenated alkanes) is 4. The Labute approximate surface area is 249 Å². The summed E-state index contributed by atoms with van der Waals surface area (Å²) in [6.07, 6.45) is 20.2. The van der Waals surface area contributed by atoms with Crippen molar-refractivity contribution in [3.63, 3.8) is 0 Å². The molecule has 0 aromatic rings. The number of ether oxygens (including phenoxy) is 1. The Morgan fingerprint density at radius 1 is 0.850 bits per heavy atom. The first-order valence-electron chi connectivity index (χ1n) is 17.8. The minimum atomic E-state index is 0.0669. The highest BCUT2D eigenvalue weighted by molar-refractivity contribution is 5.69. The lowest BCUT2D eigenvalue weighted by Gasteiger charge is -2.62. The molecule has 4 saturated carbocycles. The van der Waals surface area contributed by atoms with Crippen LogP contribution in [0.2, 0.25) is 0 Å². The van der Waals surface area contributed by atoms with E-state index in [0.717, 1.165) is 42.4 Å². The zero-order valence-corrected chi connectivity index (χ0v) is 28.1. The zero-order chi connectivity index (χ0) is 29.2. The molecular weight excluding hydrogens is 488 g/mol. The van der Waals surface area contributed by atoms with Gasteiger partial charge in [-0.3, -0.25) is 4.79 Å². The summed E-state index contributed by atoms with van der Waals surface area (Å²) in [5, 5.41) is 0. The van der Waals surface area contributed by atoms with E-state index in [4.69, 9.17) is 4.74 Å². The van der Waals surface area contributed by atoms with E-state index in [1.54, 1.807) is 5.57 Å². The van der Waals surface area contributed by atoms with Gasteiger partial charge < -0.3 is 4.74 Å². The average Bonchev–Trinajstić information content (AvgIpc) is 3.27. The first-order chi connectivity index (χ1) is 18.9. The molecule has 0 heterocycles. The van der Waals surface area contributed by atoms with Crippen molar-refractivity contribution in [2.24, 2.45) is 64.1 Å². The third kappa shape index (κ3) is 6.27. The minimum Gasteiger partial charge on any atom is -0.462 e. The van der Waals surface area contributed by atoms with Crippen molar-refractivity contribution < 1.29 is 9.53 Å². The smallest absolute Gasteiger partial charge is 0.306 e. The fourth-order valence-electron chi connectivity index (χ4n) is 11.1. The molecule has 4 rings (SSSR count). The molecule has 0 saturated heterocycles. The number of carbonyl (C=O) groups excluding carboxylic acids is 1. The predicted octanol–water partition coefficient (Wildman–Crippen LogP) is 11.0. The van der Waals surface area contributed by atoms with Crippen LogP contribution in [0.4, 0.5) is 0 Å². The van der Waals surface area contributed by atoms with Crippen LogP contribution in [0.3, 0.4) is 0 Å². The van der Waals surface area contributed by atoms with Gasteiger partial charge in [0, 0.05) is 6.42 Å². The Morgan fingerprint density at radius 3 is 2.20 bits per heavy atom. The molecule has 0 aromatic heterocycles. The second kappa shape index (κ2) is 13.2. The van der Waals surface area contributed by atoms with Crippen molar-refractivity contribution in [3.05, 3.63) is 11.6 Å². The highest BCUT2D eigenvalue weighted by Crippen LogP contribution is 2.69. The molecule has 0 amide bonds. The maximum atomic E-state index is 12.7. The molecule has 0 aliphatic heterocycles. The number of allylic oxidation sites excluding steroid dienone is 2. The van der Waals surface area contributed by atoms with Gasteiger partial charge in [0.15, 0.2) is 0 Å². The van der Waals surface area contributed by atoms with Gasteiger partial charge in [0.1, 0.15) is 6.10 Å². The lowest BCUT2D eigenvalue weighted by molar-refractivity contribution is -0.175. The van der Waals surface area contributed by atoms with E-state index < -0.39 is 0 Å². The van der Waals surface area contributed by atoms with Crippen LogP contribution in [-0.2, 0) is 9.53 Å². The largest absolute Gasteiger partial charge is 0.462 e. The Bertz CT molecular complexity index is 873. The monoisotopic (exact) mass is 555 g/mol. The Kier molecular flexibility index (Phi) is 10.6. The van der Waals surface area contributed by atoms with Gasteiger partial charge in [0.05, 0.1) is 0 Å². The molecule has 0 radical (unpaired) electrons. The summed E-state index contributed by atoms with van der Waals surface area (Å²) in [4.78, 5) is 12.7. The summed E-state index contributed by atoms with van der Waals surface area (Å²) in [5.41, 5.74) is 2.55. The van der Waals surface area contributed by atoms with Crippen molar-refractivity contribution in [2.75, 3.05) is 0 Å². The highest BCUT2D eigenvalue weighted by Gasteiger charge is 2.61. The normalized spacial score (nSPS) is 41.1. The van der Waals surface area contributed by atoms with Crippen LogP contribution in [0.5, 0.6) is 0 Å². The van der Waals surface area contributed by atoms with Crippen LogP contribution in [0, 0.1) is 64.1 Å². The van der Waals surface area contributed by atoms with Gasteiger partial charge in [-0.1, -0.05) is 92.7 Å². The Morgan fingerprint density at radius 2 is 1.50 bits per heavy atom. The molecule has 0 bridgehead atoms. The summed E-state index contributed by atoms with van der Waals surface area (Å²) in [6, 6.07) is 0. The predicted molar refractivity (Wildman–Crippen MR) is 170 cm³/mol. The third-order valence-corrected chi connectivity index (χ3v) is 13.9. The van der Waals surface area contributed by atoms with E-state index >= 15 is 0 Å². The molecule has 4 fully saturated rings. The summed E-state index contributed by atoms with van der Waals surface area (Å²) >= 11 is 0. The van der Waals surface area contributed by atoms with Crippen LogP contribution < -0.4 is 0 Å². The molecule has 0 unspecified atom stereocenters. The van der Waals surface area contributed by atoms with Crippen molar-refractivity contribution in [1.29, 1.82) is 0 Å². The van der Waals surface area contributed by atoms with Gasteiger partial charge in [-0.2, -0.15) is 0 Å². The van der Waals surface area contributed by atoms with E-state index in [9.17, 15) is 4.79 Å². The van der Waals surface area contributed by atoms with Crippen LogP contribution in [-0.4, -0.2) is 12.1 Å². The van der Waals surface area contributed by atoms with Crippen LogP contribution in [0.25, 0.3) is 0 Å². The zero-order valence-electron chi connectivity index (χ0n) is 28.1. The molecule has 2 heteroatoms. The van der Waals surface area contributed by atoms with E-state index in [-0.39, 0.29) is 12.1 Å². The third-order valence-electron chi connectivity index (χ3n) is 13.9.